The zero-order valence-corrected chi connectivity index (χ0v) is 11.2. The molecule has 22 heavy (non-hydrogen) atoms. The Balaban J connectivity index is 2.02. The second-order valence-corrected chi connectivity index (χ2v) is 4.42. The van der Waals surface area contributed by atoms with Gasteiger partial charge in [-0.2, -0.15) is 13.2 Å². The largest absolute Gasteiger partial charge is 0.416 e. The molecule has 0 aliphatic heterocycles. The van der Waals surface area contributed by atoms with E-state index in [-0.39, 0.29) is 11.3 Å². The predicted molar refractivity (Wildman–Crippen MR) is 75.5 cm³/mol. The third-order valence-electron chi connectivity index (χ3n) is 2.80. The van der Waals surface area contributed by atoms with Crippen molar-refractivity contribution in [3.05, 3.63) is 71.6 Å². The fourth-order valence-corrected chi connectivity index (χ4v) is 1.70. The number of anilines is 1. The van der Waals surface area contributed by atoms with Crippen LogP contribution in [0.2, 0.25) is 0 Å². The van der Waals surface area contributed by atoms with Crippen molar-refractivity contribution in [2.45, 2.75) is 6.18 Å². The summed E-state index contributed by atoms with van der Waals surface area (Å²) < 4.78 is 50.5. The minimum atomic E-state index is -4.42. The van der Waals surface area contributed by atoms with Crippen LogP contribution in [0.4, 0.5) is 23.2 Å². The van der Waals surface area contributed by atoms with Gasteiger partial charge in [0.2, 0.25) is 5.91 Å². The minimum Gasteiger partial charge on any atom is -0.323 e. The number of nitrogens with one attached hydrogen (secondary N) is 1. The highest BCUT2D eigenvalue weighted by molar-refractivity contribution is 6.01. The summed E-state index contributed by atoms with van der Waals surface area (Å²) in [6, 6.07) is 9.94. The third-order valence-corrected chi connectivity index (χ3v) is 2.80. The van der Waals surface area contributed by atoms with Crippen LogP contribution in [0, 0.1) is 5.82 Å². The van der Waals surface area contributed by atoms with E-state index in [2.05, 4.69) is 5.32 Å². The van der Waals surface area contributed by atoms with E-state index in [0.717, 1.165) is 30.3 Å². The third kappa shape index (κ3) is 4.18. The molecule has 0 saturated carbocycles. The van der Waals surface area contributed by atoms with Crippen molar-refractivity contribution in [1.82, 2.24) is 0 Å². The van der Waals surface area contributed by atoms with E-state index in [9.17, 15) is 22.4 Å². The van der Waals surface area contributed by atoms with Gasteiger partial charge in [0, 0.05) is 17.3 Å². The molecule has 2 rings (SSSR count). The molecule has 0 aliphatic rings. The zero-order chi connectivity index (χ0) is 16.2. The average molecular weight is 309 g/mol. The molecule has 0 heterocycles. The van der Waals surface area contributed by atoms with Gasteiger partial charge in [-0.15, -0.1) is 0 Å². The Labute approximate surface area is 124 Å². The van der Waals surface area contributed by atoms with Crippen molar-refractivity contribution in [1.29, 1.82) is 0 Å². The second-order valence-electron chi connectivity index (χ2n) is 4.42. The number of alkyl halides is 3. The molecular formula is C16H11F4NO. The van der Waals surface area contributed by atoms with Crippen LogP contribution in [0.1, 0.15) is 11.1 Å². The molecule has 2 nitrogen and oxygen atoms in total. The Bertz CT molecular complexity index is 690. The number of amides is 1. The minimum absolute atomic E-state index is 0.219. The molecule has 1 amide bonds. The highest BCUT2D eigenvalue weighted by Gasteiger charge is 2.29. The molecule has 0 saturated heterocycles. The van der Waals surface area contributed by atoms with Gasteiger partial charge in [-0.3, -0.25) is 4.79 Å². The van der Waals surface area contributed by atoms with E-state index in [1.165, 1.54) is 24.3 Å². The number of rotatable bonds is 3. The molecule has 1 N–H and O–H groups in total. The maximum Gasteiger partial charge on any atom is 0.416 e. The van der Waals surface area contributed by atoms with Gasteiger partial charge in [-0.25, -0.2) is 4.39 Å². The van der Waals surface area contributed by atoms with E-state index >= 15 is 0 Å². The van der Waals surface area contributed by atoms with Crippen LogP contribution in [-0.2, 0) is 11.0 Å². The van der Waals surface area contributed by atoms with Crippen molar-refractivity contribution in [3.8, 4) is 0 Å². The highest BCUT2D eigenvalue weighted by atomic mass is 19.4. The van der Waals surface area contributed by atoms with Gasteiger partial charge >= 0.3 is 6.18 Å². The molecule has 0 atom stereocenters. The first-order chi connectivity index (χ1) is 10.4. The molecular weight excluding hydrogens is 298 g/mol. The summed E-state index contributed by atoms with van der Waals surface area (Å²) in [5.74, 6) is -1.04. The van der Waals surface area contributed by atoms with Gasteiger partial charge in [0.15, 0.2) is 0 Å². The molecule has 6 heteroatoms. The van der Waals surface area contributed by atoms with Crippen LogP contribution < -0.4 is 5.32 Å². The summed E-state index contributed by atoms with van der Waals surface area (Å²) in [7, 11) is 0. The molecule has 0 fully saturated rings. The van der Waals surface area contributed by atoms with Crippen LogP contribution in [0.3, 0.4) is 0 Å². The topological polar surface area (TPSA) is 29.1 Å². The maximum absolute atomic E-state index is 13.3. The van der Waals surface area contributed by atoms with Crippen LogP contribution in [0.5, 0.6) is 0 Å². The number of halogens is 4. The van der Waals surface area contributed by atoms with Gasteiger partial charge in [0.1, 0.15) is 5.82 Å². The SMILES string of the molecule is O=C(C=Cc1ccccc1F)Nc1ccc(C(F)(F)F)cc1. The van der Waals surface area contributed by atoms with Crippen molar-refractivity contribution >= 4 is 17.7 Å². The Hall–Kier alpha value is -2.63. The Kier molecular flexibility index (Phi) is 4.60. The fraction of sp³-hybridized carbons (Fsp3) is 0.0625. The molecule has 0 aliphatic carbocycles. The first-order valence-corrected chi connectivity index (χ1v) is 6.27. The van der Waals surface area contributed by atoms with E-state index in [0.29, 0.717) is 0 Å². The van der Waals surface area contributed by atoms with Crippen molar-refractivity contribution in [2.75, 3.05) is 5.32 Å². The average Bonchev–Trinajstić information content (AvgIpc) is 2.46. The van der Waals surface area contributed by atoms with Crippen LogP contribution in [-0.4, -0.2) is 5.91 Å². The smallest absolute Gasteiger partial charge is 0.323 e. The Morgan fingerprint density at radius 1 is 1.00 bits per heavy atom. The molecule has 0 spiro atoms. The number of hydrogen-bond acceptors (Lipinski definition) is 1. The van der Waals surface area contributed by atoms with Crippen molar-refractivity contribution in [2.24, 2.45) is 0 Å². The Morgan fingerprint density at radius 2 is 1.64 bits per heavy atom. The number of carbonyl (C=O) groups is 1. The molecule has 0 aromatic heterocycles. The summed E-state index contributed by atoms with van der Waals surface area (Å²) in [6.45, 7) is 0. The van der Waals surface area contributed by atoms with E-state index < -0.39 is 23.5 Å². The van der Waals surface area contributed by atoms with Crippen molar-refractivity contribution < 1.29 is 22.4 Å². The summed E-state index contributed by atoms with van der Waals surface area (Å²) in [4.78, 5) is 11.6. The molecule has 0 bridgehead atoms. The zero-order valence-electron chi connectivity index (χ0n) is 11.2. The predicted octanol–water partition coefficient (Wildman–Crippen LogP) is 4.50. The summed E-state index contributed by atoms with van der Waals surface area (Å²) in [5.41, 5.74) is -0.339. The van der Waals surface area contributed by atoms with E-state index in [4.69, 9.17) is 0 Å². The molecule has 0 unspecified atom stereocenters. The van der Waals surface area contributed by atoms with E-state index in [1.807, 2.05) is 0 Å². The lowest BCUT2D eigenvalue weighted by Crippen LogP contribution is -2.09. The Morgan fingerprint density at radius 3 is 2.23 bits per heavy atom. The van der Waals surface area contributed by atoms with Crippen molar-refractivity contribution in [3.63, 3.8) is 0 Å². The van der Waals surface area contributed by atoms with Gasteiger partial charge in [0.25, 0.3) is 0 Å². The molecule has 2 aromatic rings. The number of hydrogen-bond donors (Lipinski definition) is 1. The first-order valence-electron chi connectivity index (χ1n) is 6.27. The van der Waals surface area contributed by atoms with E-state index in [1.54, 1.807) is 6.07 Å². The molecule has 0 radical (unpaired) electrons. The number of carbonyl (C=O) groups excluding carboxylic acids is 1. The molecule has 114 valence electrons. The monoisotopic (exact) mass is 309 g/mol. The lowest BCUT2D eigenvalue weighted by atomic mass is 10.2. The standard InChI is InChI=1S/C16H11F4NO/c17-14-4-2-1-3-11(14)5-10-15(22)21-13-8-6-12(7-9-13)16(18,19)20/h1-10H,(H,21,22). The number of benzene rings is 2. The van der Waals surface area contributed by atoms with Gasteiger partial charge < -0.3 is 5.32 Å². The quantitative estimate of drug-likeness (QED) is 0.656. The highest BCUT2D eigenvalue weighted by Crippen LogP contribution is 2.29. The van der Waals surface area contributed by atoms with Crippen LogP contribution in [0.25, 0.3) is 6.08 Å². The second kappa shape index (κ2) is 6.43. The van der Waals surface area contributed by atoms with Gasteiger partial charge in [0.05, 0.1) is 5.56 Å². The lowest BCUT2D eigenvalue weighted by molar-refractivity contribution is -0.137. The van der Waals surface area contributed by atoms with Crippen LogP contribution >= 0.6 is 0 Å². The fourth-order valence-electron chi connectivity index (χ4n) is 1.70. The lowest BCUT2D eigenvalue weighted by Gasteiger charge is -2.07. The van der Waals surface area contributed by atoms with Gasteiger partial charge in [-0.1, -0.05) is 18.2 Å². The summed E-state index contributed by atoms with van der Waals surface area (Å²) in [5, 5.41) is 2.39. The normalized spacial score (nSPS) is 11.6. The van der Waals surface area contributed by atoms with Crippen LogP contribution in [0.15, 0.2) is 54.6 Å². The van der Waals surface area contributed by atoms with Gasteiger partial charge in [-0.05, 0) is 36.4 Å². The first kappa shape index (κ1) is 15.8. The molecule has 2 aromatic carbocycles. The maximum atomic E-state index is 13.3. The summed E-state index contributed by atoms with van der Waals surface area (Å²) >= 11 is 0. The summed E-state index contributed by atoms with van der Waals surface area (Å²) in [6.07, 6.45) is -2.03.